The summed E-state index contributed by atoms with van der Waals surface area (Å²) in [6.45, 7) is 0.645. The summed E-state index contributed by atoms with van der Waals surface area (Å²) < 4.78 is 0.610. The molecule has 2 N–H and O–H groups in total. The molecule has 6 nitrogen and oxygen atoms in total. The predicted molar refractivity (Wildman–Crippen MR) is 75.2 cm³/mol. The van der Waals surface area contributed by atoms with Crippen molar-refractivity contribution in [1.82, 2.24) is 4.90 Å². The van der Waals surface area contributed by atoms with Gasteiger partial charge in [-0.05, 0) is 40.5 Å². The highest BCUT2D eigenvalue weighted by molar-refractivity contribution is 9.10. The molecule has 1 aromatic carbocycles. The molecule has 1 unspecified atom stereocenters. The van der Waals surface area contributed by atoms with Gasteiger partial charge in [0, 0.05) is 17.6 Å². The fourth-order valence-corrected chi connectivity index (χ4v) is 2.50. The van der Waals surface area contributed by atoms with Crippen LogP contribution in [0.4, 0.5) is 10.5 Å². The molecule has 0 aromatic heterocycles. The van der Waals surface area contributed by atoms with Gasteiger partial charge in [-0.2, -0.15) is 5.26 Å². The molecule has 1 saturated heterocycles. The third kappa shape index (κ3) is 3.08. The maximum atomic E-state index is 12.0. The van der Waals surface area contributed by atoms with Crippen LogP contribution in [0.5, 0.6) is 0 Å². The second-order valence-electron chi connectivity index (χ2n) is 4.51. The Hall–Kier alpha value is -2.07. The molecule has 1 atom stereocenters. The van der Waals surface area contributed by atoms with Crippen molar-refractivity contribution < 1.29 is 14.7 Å². The van der Waals surface area contributed by atoms with E-state index in [4.69, 9.17) is 10.4 Å². The highest BCUT2D eigenvalue weighted by atomic mass is 79.9. The van der Waals surface area contributed by atoms with Gasteiger partial charge in [-0.25, -0.2) is 4.79 Å². The van der Waals surface area contributed by atoms with Gasteiger partial charge >= 0.3 is 12.0 Å². The first-order valence-corrected chi connectivity index (χ1v) is 6.79. The number of amides is 2. The summed E-state index contributed by atoms with van der Waals surface area (Å²) in [6, 6.07) is 6.51. The lowest BCUT2D eigenvalue weighted by Crippen LogP contribution is -2.33. The van der Waals surface area contributed by atoms with E-state index in [1.54, 1.807) is 18.2 Å². The molecular weight excluding hydrogens is 326 g/mol. The minimum Gasteiger partial charge on any atom is -0.481 e. The molecule has 1 aliphatic heterocycles. The van der Waals surface area contributed by atoms with E-state index in [2.05, 4.69) is 21.2 Å². The minimum atomic E-state index is -0.875. The number of aliphatic carboxylic acids is 1. The zero-order valence-corrected chi connectivity index (χ0v) is 12.1. The van der Waals surface area contributed by atoms with Crippen LogP contribution in [-0.2, 0) is 4.79 Å². The van der Waals surface area contributed by atoms with Crippen molar-refractivity contribution in [3.63, 3.8) is 0 Å². The number of carboxylic acids is 1. The molecule has 0 saturated carbocycles. The highest BCUT2D eigenvalue weighted by Gasteiger charge is 2.30. The molecule has 1 fully saturated rings. The first-order valence-electron chi connectivity index (χ1n) is 5.99. The zero-order valence-electron chi connectivity index (χ0n) is 10.5. The highest BCUT2D eigenvalue weighted by Crippen LogP contribution is 2.25. The number of rotatable bonds is 2. The van der Waals surface area contributed by atoms with E-state index in [1.165, 1.54) is 4.90 Å². The Bertz CT molecular complexity index is 597. The number of carbonyl (C=O) groups excluding carboxylic acids is 1. The van der Waals surface area contributed by atoms with Gasteiger partial charge in [-0.1, -0.05) is 0 Å². The van der Waals surface area contributed by atoms with Gasteiger partial charge in [-0.3, -0.25) is 4.79 Å². The fraction of sp³-hybridized carbons (Fsp3) is 0.308. The maximum absolute atomic E-state index is 12.0. The van der Waals surface area contributed by atoms with Crippen molar-refractivity contribution in [3.05, 3.63) is 28.2 Å². The summed E-state index contributed by atoms with van der Waals surface area (Å²) in [5, 5.41) is 20.4. The van der Waals surface area contributed by atoms with Gasteiger partial charge in [0.1, 0.15) is 0 Å². The molecule has 0 radical (unpaired) electrons. The Kier molecular flexibility index (Phi) is 4.25. The SMILES string of the molecule is N#Cc1ccc(NC(=O)N2CCC(C(=O)O)C2)c(Br)c1. The summed E-state index contributed by atoms with van der Waals surface area (Å²) in [5.74, 6) is -1.37. The molecule has 104 valence electrons. The summed E-state index contributed by atoms with van der Waals surface area (Å²) in [5.41, 5.74) is 1.04. The monoisotopic (exact) mass is 337 g/mol. The molecule has 0 aliphatic carbocycles. The molecule has 2 amide bonds. The lowest BCUT2D eigenvalue weighted by atomic mass is 10.1. The maximum Gasteiger partial charge on any atom is 0.321 e. The second-order valence-corrected chi connectivity index (χ2v) is 5.36. The Balaban J connectivity index is 2.02. The van der Waals surface area contributed by atoms with E-state index in [0.717, 1.165) is 0 Å². The quantitative estimate of drug-likeness (QED) is 0.865. The van der Waals surface area contributed by atoms with Gasteiger partial charge in [0.2, 0.25) is 0 Å². The molecular formula is C13H12BrN3O3. The molecule has 2 rings (SSSR count). The number of nitrogens with one attached hydrogen (secondary N) is 1. The van der Waals surface area contributed by atoms with Crippen LogP contribution in [-0.4, -0.2) is 35.1 Å². The Morgan fingerprint density at radius 3 is 2.80 bits per heavy atom. The van der Waals surface area contributed by atoms with Crippen molar-refractivity contribution in [2.75, 3.05) is 18.4 Å². The fourth-order valence-electron chi connectivity index (χ4n) is 2.03. The van der Waals surface area contributed by atoms with E-state index in [1.807, 2.05) is 6.07 Å². The lowest BCUT2D eigenvalue weighted by molar-refractivity contribution is -0.141. The van der Waals surface area contributed by atoms with Gasteiger partial charge in [-0.15, -0.1) is 0 Å². The number of hydrogen-bond donors (Lipinski definition) is 2. The number of nitriles is 1. The summed E-state index contributed by atoms with van der Waals surface area (Å²) in [6.07, 6.45) is 0.470. The van der Waals surface area contributed by atoms with Crippen LogP contribution in [0.3, 0.4) is 0 Å². The van der Waals surface area contributed by atoms with Gasteiger partial charge in [0.05, 0.1) is 23.2 Å². The first-order chi connectivity index (χ1) is 9.51. The molecule has 0 bridgehead atoms. The average molecular weight is 338 g/mol. The normalized spacial score (nSPS) is 17.6. The molecule has 20 heavy (non-hydrogen) atoms. The van der Waals surface area contributed by atoms with Crippen molar-refractivity contribution in [3.8, 4) is 6.07 Å². The lowest BCUT2D eigenvalue weighted by Gasteiger charge is -2.17. The van der Waals surface area contributed by atoms with E-state index in [-0.39, 0.29) is 12.6 Å². The van der Waals surface area contributed by atoms with E-state index < -0.39 is 11.9 Å². The minimum absolute atomic E-state index is 0.217. The van der Waals surface area contributed by atoms with E-state index >= 15 is 0 Å². The van der Waals surface area contributed by atoms with Crippen molar-refractivity contribution in [2.24, 2.45) is 5.92 Å². The number of carboxylic acid groups (broad SMARTS) is 1. The van der Waals surface area contributed by atoms with E-state index in [9.17, 15) is 9.59 Å². The molecule has 1 aliphatic rings. The van der Waals surface area contributed by atoms with E-state index in [0.29, 0.717) is 28.7 Å². The van der Waals surface area contributed by atoms with Crippen LogP contribution in [0, 0.1) is 17.2 Å². The smallest absolute Gasteiger partial charge is 0.321 e. The van der Waals surface area contributed by atoms with Crippen LogP contribution in [0.15, 0.2) is 22.7 Å². The summed E-state index contributed by atoms with van der Waals surface area (Å²) in [7, 11) is 0. The summed E-state index contributed by atoms with van der Waals surface area (Å²) >= 11 is 3.28. The number of carbonyl (C=O) groups is 2. The first kappa shape index (κ1) is 14.3. The molecule has 1 aromatic rings. The van der Waals surface area contributed by atoms with Crippen LogP contribution in [0.2, 0.25) is 0 Å². The van der Waals surface area contributed by atoms with Crippen molar-refractivity contribution in [2.45, 2.75) is 6.42 Å². The Morgan fingerprint density at radius 1 is 1.50 bits per heavy atom. The Labute approximate surface area is 124 Å². The van der Waals surface area contributed by atoms with Crippen LogP contribution < -0.4 is 5.32 Å². The standard InChI is InChI=1S/C13H12BrN3O3/c14-10-5-8(6-15)1-2-11(10)16-13(20)17-4-3-9(7-17)12(18)19/h1-2,5,9H,3-4,7H2,(H,16,20)(H,18,19). The average Bonchev–Trinajstić information content (AvgIpc) is 2.91. The zero-order chi connectivity index (χ0) is 14.7. The number of nitrogens with zero attached hydrogens (tertiary/aromatic N) is 2. The predicted octanol–water partition coefficient (Wildman–Crippen LogP) is 2.26. The Morgan fingerprint density at radius 2 is 2.25 bits per heavy atom. The largest absolute Gasteiger partial charge is 0.481 e. The molecule has 1 heterocycles. The van der Waals surface area contributed by atoms with Gasteiger partial charge in [0.25, 0.3) is 0 Å². The van der Waals surface area contributed by atoms with Gasteiger partial charge < -0.3 is 15.3 Å². The number of likely N-dealkylation sites (tertiary alicyclic amines) is 1. The second kappa shape index (κ2) is 5.92. The van der Waals surface area contributed by atoms with Crippen LogP contribution in [0.25, 0.3) is 0 Å². The number of benzene rings is 1. The number of halogens is 1. The number of hydrogen-bond acceptors (Lipinski definition) is 3. The van der Waals surface area contributed by atoms with Gasteiger partial charge in [0.15, 0.2) is 0 Å². The third-order valence-corrected chi connectivity index (χ3v) is 3.82. The third-order valence-electron chi connectivity index (χ3n) is 3.16. The topological polar surface area (TPSA) is 93.4 Å². The molecule has 0 spiro atoms. The van der Waals surface area contributed by atoms with Crippen molar-refractivity contribution >= 4 is 33.6 Å². The van der Waals surface area contributed by atoms with Crippen LogP contribution >= 0.6 is 15.9 Å². The summed E-state index contributed by atoms with van der Waals surface area (Å²) in [4.78, 5) is 24.4. The molecule has 7 heteroatoms. The number of anilines is 1. The van der Waals surface area contributed by atoms with Crippen LogP contribution in [0.1, 0.15) is 12.0 Å². The number of urea groups is 1. The van der Waals surface area contributed by atoms with Crippen molar-refractivity contribution in [1.29, 1.82) is 5.26 Å².